The van der Waals surface area contributed by atoms with Crippen LogP contribution in [0, 0.1) is 5.92 Å². The van der Waals surface area contributed by atoms with Crippen LogP contribution in [0.5, 0.6) is 5.75 Å². The molecule has 1 aliphatic rings. The van der Waals surface area contributed by atoms with Crippen LogP contribution >= 0.6 is 0 Å². The minimum atomic E-state index is -0.168. The molecule has 1 saturated carbocycles. The van der Waals surface area contributed by atoms with Gasteiger partial charge in [-0.1, -0.05) is 25.3 Å². The molecule has 4 rings (SSSR count). The van der Waals surface area contributed by atoms with Crippen molar-refractivity contribution in [3.63, 3.8) is 0 Å². The third kappa shape index (κ3) is 3.72. The Bertz CT molecular complexity index is 880. The maximum Gasteiger partial charge on any atom is 0.257 e. The molecule has 0 spiro atoms. The fourth-order valence-corrected chi connectivity index (χ4v) is 3.55. The van der Waals surface area contributed by atoms with E-state index in [1.165, 1.54) is 32.1 Å². The van der Waals surface area contributed by atoms with E-state index < -0.39 is 0 Å². The zero-order valence-corrected chi connectivity index (χ0v) is 14.7. The lowest BCUT2D eigenvalue weighted by Gasteiger charge is -2.21. The van der Waals surface area contributed by atoms with E-state index in [2.05, 4.69) is 15.3 Å². The van der Waals surface area contributed by atoms with Gasteiger partial charge in [0.2, 0.25) is 0 Å². The second-order valence-corrected chi connectivity index (χ2v) is 6.90. The Labute approximate surface area is 152 Å². The number of anilines is 1. The van der Waals surface area contributed by atoms with E-state index in [1.807, 2.05) is 36.4 Å². The number of imidazole rings is 1. The first-order valence-electron chi connectivity index (χ1n) is 9.26. The number of fused-ring (bicyclic) bond motifs is 1. The highest BCUT2D eigenvalue weighted by molar-refractivity contribution is 6.11. The molecule has 0 atom stereocenters. The minimum absolute atomic E-state index is 0.168. The molecular formula is C21H23N3O2. The molecule has 1 heterocycles. The van der Waals surface area contributed by atoms with Crippen LogP contribution in [0.4, 0.5) is 5.69 Å². The highest BCUT2D eigenvalue weighted by atomic mass is 16.5. The summed E-state index contributed by atoms with van der Waals surface area (Å²) in [5, 5.41) is 2.92. The quantitative estimate of drug-likeness (QED) is 0.697. The van der Waals surface area contributed by atoms with Gasteiger partial charge < -0.3 is 15.0 Å². The predicted octanol–water partition coefficient (Wildman–Crippen LogP) is 4.77. The van der Waals surface area contributed by atoms with Crippen LogP contribution in [0.2, 0.25) is 0 Å². The lowest BCUT2D eigenvalue weighted by Crippen LogP contribution is -2.15. The van der Waals surface area contributed by atoms with Crippen LogP contribution in [0.15, 0.2) is 48.8 Å². The molecule has 5 heteroatoms. The van der Waals surface area contributed by atoms with Gasteiger partial charge >= 0.3 is 0 Å². The number of carbonyl (C=O) groups excluding carboxylic acids is 1. The molecule has 1 aliphatic carbocycles. The van der Waals surface area contributed by atoms with Crippen molar-refractivity contribution in [1.82, 2.24) is 9.97 Å². The van der Waals surface area contributed by atoms with Gasteiger partial charge in [0.15, 0.2) is 0 Å². The molecule has 134 valence electrons. The van der Waals surface area contributed by atoms with E-state index in [9.17, 15) is 4.79 Å². The van der Waals surface area contributed by atoms with Gasteiger partial charge in [0, 0.05) is 5.69 Å². The number of amides is 1. The number of para-hydroxylation sites is 1. The van der Waals surface area contributed by atoms with Crippen molar-refractivity contribution in [2.75, 3.05) is 11.9 Å². The molecule has 0 aliphatic heterocycles. The van der Waals surface area contributed by atoms with Crippen LogP contribution in [0.1, 0.15) is 42.5 Å². The highest BCUT2D eigenvalue weighted by Gasteiger charge is 2.14. The number of carbonyl (C=O) groups is 1. The van der Waals surface area contributed by atoms with Crippen molar-refractivity contribution < 1.29 is 9.53 Å². The average Bonchev–Trinajstić information content (AvgIpc) is 3.17. The molecule has 5 nitrogen and oxygen atoms in total. The topological polar surface area (TPSA) is 67.0 Å². The van der Waals surface area contributed by atoms with Crippen molar-refractivity contribution >= 4 is 22.6 Å². The molecule has 0 unspecified atom stereocenters. The summed E-state index contributed by atoms with van der Waals surface area (Å²) < 4.78 is 5.91. The van der Waals surface area contributed by atoms with Crippen LogP contribution in [0.25, 0.3) is 11.0 Å². The van der Waals surface area contributed by atoms with E-state index in [0.29, 0.717) is 17.0 Å². The van der Waals surface area contributed by atoms with Gasteiger partial charge in [-0.3, -0.25) is 4.79 Å². The van der Waals surface area contributed by atoms with Crippen LogP contribution < -0.4 is 10.1 Å². The SMILES string of the molecule is O=C(Nc1ccc(OCC2CCCCC2)cc1)c1cccc2[nH]cnc12. The Kier molecular flexibility index (Phi) is 4.86. The van der Waals surface area contributed by atoms with Gasteiger partial charge in [-0.15, -0.1) is 0 Å². The lowest BCUT2D eigenvalue weighted by molar-refractivity contribution is 0.102. The second-order valence-electron chi connectivity index (χ2n) is 6.90. The minimum Gasteiger partial charge on any atom is -0.493 e. The van der Waals surface area contributed by atoms with Gasteiger partial charge in [0.05, 0.1) is 24.0 Å². The molecule has 3 aromatic rings. The third-order valence-corrected chi connectivity index (χ3v) is 5.02. The van der Waals surface area contributed by atoms with Crippen molar-refractivity contribution in [3.8, 4) is 5.75 Å². The van der Waals surface area contributed by atoms with E-state index in [0.717, 1.165) is 23.6 Å². The number of nitrogens with zero attached hydrogens (tertiary/aromatic N) is 1. The number of hydrogen-bond donors (Lipinski definition) is 2. The number of aromatic amines is 1. The summed E-state index contributed by atoms with van der Waals surface area (Å²) in [6, 6.07) is 13.1. The fraction of sp³-hybridized carbons (Fsp3) is 0.333. The van der Waals surface area contributed by atoms with Gasteiger partial charge in [0.1, 0.15) is 11.3 Å². The van der Waals surface area contributed by atoms with Gasteiger partial charge in [-0.2, -0.15) is 0 Å². The largest absolute Gasteiger partial charge is 0.493 e. The first-order valence-corrected chi connectivity index (χ1v) is 9.26. The van der Waals surface area contributed by atoms with Crippen molar-refractivity contribution in [2.24, 2.45) is 5.92 Å². The summed E-state index contributed by atoms with van der Waals surface area (Å²) >= 11 is 0. The van der Waals surface area contributed by atoms with Gasteiger partial charge in [-0.05, 0) is 55.2 Å². The molecule has 0 bridgehead atoms. The summed E-state index contributed by atoms with van der Waals surface area (Å²) in [6.45, 7) is 0.785. The summed E-state index contributed by atoms with van der Waals surface area (Å²) in [6.07, 6.45) is 8.14. The number of aromatic nitrogens is 2. The van der Waals surface area contributed by atoms with Crippen LogP contribution in [0.3, 0.4) is 0 Å². The second kappa shape index (κ2) is 7.60. The molecule has 1 fully saturated rings. The van der Waals surface area contributed by atoms with Crippen LogP contribution in [-0.2, 0) is 0 Å². The van der Waals surface area contributed by atoms with Crippen molar-refractivity contribution in [3.05, 3.63) is 54.4 Å². The number of H-pyrrole nitrogens is 1. The first-order chi connectivity index (χ1) is 12.8. The zero-order valence-electron chi connectivity index (χ0n) is 14.7. The Morgan fingerprint density at radius 3 is 2.73 bits per heavy atom. The number of ether oxygens (including phenoxy) is 1. The van der Waals surface area contributed by atoms with Gasteiger partial charge in [0.25, 0.3) is 5.91 Å². The van der Waals surface area contributed by atoms with Crippen molar-refractivity contribution in [1.29, 1.82) is 0 Å². The molecule has 0 saturated heterocycles. The third-order valence-electron chi connectivity index (χ3n) is 5.02. The van der Waals surface area contributed by atoms with E-state index in [4.69, 9.17) is 4.74 Å². The summed E-state index contributed by atoms with van der Waals surface area (Å²) in [5.74, 6) is 1.36. The Balaban J connectivity index is 1.37. The lowest BCUT2D eigenvalue weighted by atomic mass is 9.90. The molecule has 1 amide bonds. The number of nitrogens with one attached hydrogen (secondary N) is 2. The average molecular weight is 349 g/mol. The summed E-state index contributed by atoms with van der Waals surface area (Å²) in [4.78, 5) is 19.8. The number of hydrogen-bond acceptors (Lipinski definition) is 3. The normalized spacial score (nSPS) is 15.1. The summed E-state index contributed by atoms with van der Waals surface area (Å²) in [7, 11) is 0. The Hall–Kier alpha value is -2.82. The standard InChI is InChI=1S/C21H23N3O2/c25-21(18-7-4-8-19-20(18)23-14-22-19)24-16-9-11-17(12-10-16)26-13-15-5-2-1-3-6-15/h4,7-12,14-15H,1-3,5-6,13H2,(H,22,23)(H,24,25). The van der Waals surface area contributed by atoms with Crippen molar-refractivity contribution in [2.45, 2.75) is 32.1 Å². The molecule has 2 N–H and O–H groups in total. The molecule has 26 heavy (non-hydrogen) atoms. The highest BCUT2D eigenvalue weighted by Crippen LogP contribution is 2.25. The Morgan fingerprint density at radius 1 is 1.12 bits per heavy atom. The monoisotopic (exact) mass is 349 g/mol. The predicted molar refractivity (Wildman–Crippen MR) is 103 cm³/mol. The summed E-state index contributed by atoms with van der Waals surface area (Å²) in [5.41, 5.74) is 2.83. The Morgan fingerprint density at radius 2 is 1.92 bits per heavy atom. The maximum atomic E-state index is 12.5. The number of rotatable bonds is 5. The van der Waals surface area contributed by atoms with E-state index in [1.54, 1.807) is 12.4 Å². The zero-order chi connectivity index (χ0) is 17.8. The molecule has 1 aromatic heterocycles. The molecular weight excluding hydrogens is 326 g/mol. The molecule has 2 aromatic carbocycles. The first kappa shape index (κ1) is 16.6. The number of benzene rings is 2. The van der Waals surface area contributed by atoms with Crippen LogP contribution in [-0.4, -0.2) is 22.5 Å². The van der Waals surface area contributed by atoms with E-state index in [-0.39, 0.29) is 5.91 Å². The molecule has 0 radical (unpaired) electrons. The van der Waals surface area contributed by atoms with E-state index >= 15 is 0 Å². The fourth-order valence-electron chi connectivity index (χ4n) is 3.55. The maximum absolute atomic E-state index is 12.5. The van der Waals surface area contributed by atoms with Gasteiger partial charge in [-0.25, -0.2) is 4.98 Å². The smallest absolute Gasteiger partial charge is 0.257 e.